The molecule has 0 bridgehead atoms. The Kier molecular flexibility index (Phi) is 5.36. The van der Waals surface area contributed by atoms with Crippen LogP contribution in [-0.2, 0) is 0 Å². The van der Waals surface area contributed by atoms with Gasteiger partial charge < -0.3 is 0 Å². The van der Waals surface area contributed by atoms with Crippen molar-refractivity contribution >= 4 is 17.5 Å². The first-order valence-corrected chi connectivity index (χ1v) is 6.26. The molecule has 0 atom stereocenters. The van der Waals surface area contributed by atoms with Crippen LogP contribution in [0.15, 0.2) is 48.4 Å². The summed E-state index contributed by atoms with van der Waals surface area (Å²) in [5, 5.41) is 0. The second-order valence-electron chi connectivity index (χ2n) is 3.94. The molecule has 16 heavy (non-hydrogen) atoms. The van der Waals surface area contributed by atoms with Gasteiger partial charge in [-0.3, -0.25) is 4.72 Å². The summed E-state index contributed by atoms with van der Waals surface area (Å²) < 4.78 is 3.20. The average Bonchev–Trinajstić information content (AvgIpc) is 2.29. The number of allylic oxidation sites excluding steroid dienone is 1. The van der Waals surface area contributed by atoms with Crippen molar-refractivity contribution in [1.82, 2.24) is 4.72 Å². The van der Waals surface area contributed by atoms with E-state index in [-0.39, 0.29) is 0 Å². The van der Waals surface area contributed by atoms with Crippen molar-refractivity contribution in [2.45, 2.75) is 18.7 Å². The maximum absolute atomic E-state index is 4.09. The molecule has 0 radical (unpaired) electrons. The smallest absolute Gasteiger partial charge is 0.0240 e. The van der Waals surface area contributed by atoms with Gasteiger partial charge in [-0.15, -0.1) is 6.58 Å². The Balaban J connectivity index is 2.60. The fraction of sp³-hybridized carbons (Fsp3) is 0.286. The van der Waals surface area contributed by atoms with Crippen molar-refractivity contribution in [3.63, 3.8) is 0 Å². The van der Waals surface area contributed by atoms with Crippen LogP contribution in [0.25, 0.3) is 5.57 Å². The minimum atomic E-state index is 0.498. The zero-order valence-corrected chi connectivity index (χ0v) is 10.8. The molecule has 0 aromatic heterocycles. The Labute approximate surface area is 103 Å². The van der Waals surface area contributed by atoms with Gasteiger partial charge in [-0.2, -0.15) is 0 Å². The summed E-state index contributed by atoms with van der Waals surface area (Å²) in [7, 11) is 0. The third kappa shape index (κ3) is 3.87. The van der Waals surface area contributed by atoms with Crippen LogP contribution in [-0.4, -0.2) is 6.54 Å². The highest BCUT2D eigenvalue weighted by atomic mass is 32.2. The van der Waals surface area contributed by atoms with Gasteiger partial charge in [0.25, 0.3) is 0 Å². The van der Waals surface area contributed by atoms with Crippen molar-refractivity contribution in [1.29, 1.82) is 0 Å². The average molecular weight is 233 g/mol. The Morgan fingerprint density at radius 1 is 1.38 bits per heavy atom. The van der Waals surface area contributed by atoms with Gasteiger partial charge in [-0.25, -0.2) is 0 Å². The normalized spacial score (nSPS) is 10.4. The molecule has 1 N–H and O–H groups in total. The van der Waals surface area contributed by atoms with Crippen molar-refractivity contribution in [3.8, 4) is 0 Å². The molecule has 0 fully saturated rings. The van der Waals surface area contributed by atoms with E-state index in [1.54, 1.807) is 11.9 Å². The molecule has 0 heterocycles. The molecule has 0 spiro atoms. The van der Waals surface area contributed by atoms with Crippen LogP contribution >= 0.6 is 11.9 Å². The number of rotatable bonds is 6. The Morgan fingerprint density at radius 2 is 2.00 bits per heavy atom. The van der Waals surface area contributed by atoms with Crippen molar-refractivity contribution in [3.05, 3.63) is 49.1 Å². The minimum Gasteiger partial charge on any atom is -0.256 e. The van der Waals surface area contributed by atoms with Gasteiger partial charge in [0, 0.05) is 11.4 Å². The summed E-state index contributed by atoms with van der Waals surface area (Å²) in [6, 6.07) is 8.48. The molecule has 86 valence electrons. The van der Waals surface area contributed by atoms with Gasteiger partial charge >= 0.3 is 0 Å². The van der Waals surface area contributed by atoms with E-state index in [0.717, 1.165) is 6.54 Å². The summed E-state index contributed by atoms with van der Waals surface area (Å²) in [4.78, 5) is 1.21. The molecule has 0 saturated heterocycles. The van der Waals surface area contributed by atoms with Crippen molar-refractivity contribution < 1.29 is 0 Å². The summed E-state index contributed by atoms with van der Waals surface area (Å²) in [6.45, 7) is 12.9. The molecule has 0 unspecified atom stereocenters. The quantitative estimate of drug-likeness (QED) is 0.450. The summed E-state index contributed by atoms with van der Waals surface area (Å²) in [6.07, 6.45) is 1.85. The Hall–Kier alpha value is -0.990. The lowest BCUT2D eigenvalue weighted by atomic mass is 9.97. The van der Waals surface area contributed by atoms with E-state index in [2.05, 4.69) is 56.0 Å². The highest BCUT2D eigenvalue weighted by molar-refractivity contribution is 7.97. The van der Waals surface area contributed by atoms with Gasteiger partial charge in [-0.1, -0.05) is 38.6 Å². The zero-order valence-electron chi connectivity index (χ0n) is 9.99. The first-order chi connectivity index (χ1) is 7.65. The van der Waals surface area contributed by atoms with E-state index in [1.165, 1.54) is 16.0 Å². The molecule has 1 aromatic rings. The molecule has 2 heteroatoms. The molecule has 0 aliphatic heterocycles. The first-order valence-electron chi connectivity index (χ1n) is 5.45. The number of nitrogens with one attached hydrogen (secondary N) is 1. The minimum absolute atomic E-state index is 0.498. The molecular formula is C14H19NS. The molecule has 1 aromatic carbocycles. The van der Waals surface area contributed by atoms with E-state index in [0.29, 0.717) is 5.92 Å². The van der Waals surface area contributed by atoms with Gasteiger partial charge in [0.2, 0.25) is 0 Å². The lowest BCUT2D eigenvalue weighted by Crippen LogP contribution is -2.01. The van der Waals surface area contributed by atoms with Crippen molar-refractivity contribution in [2.24, 2.45) is 5.92 Å². The largest absolute Gasteiger partial charge is 0.256 e. The van der Waals surface area contributed by atoms with Crippen LogP contribution in [0.3, 0.4) is 0 Å². The first kappa shape index (κ1) is 13.1. The Morgan fingerprint density at radius 3 is 2.50 bits per heavy atom. The predicted molar refractivity (Wildman–Crippen MR) is 74.4 cm³/mol. The van der Waals surface area contributed by atoms with E-state index >= 15 is 0 Å². The van der Waals surface area contributed by atoms with Gasteiger partial charge in [0.1, 0.15) is 0 Å². The second kappa shape index (κ2) is 6.56. The second-order valence-corrected chi connectivity index (χ2v) is 4.91. The molecule has 0 saturated carbocycles. The highest BCUT2D eigenvalue weighted by Crippen LogP contribution is 2.23. The number of hydrogen-bond acceptors (Lipinski definition) is 2. The third-order valence-electron chi connectivity index (χ3n) is 2.34. The maximum atomic E-state index is 4.09. The predicted octanol–water partition coefficient (Wildman–Crippen LogP) is 4.14. The fourth-order valence-corrected chi connectivity index (χ4v) is 1.89. The third-order valence-corrected chi connectivity index (χ3v) is 3.16. The molecule has 0 aliphatic carbocycles. The monoisotopic (exact) mass is 233 g/mol. The molecule has 1 nitrogen and oxygen atoms in total. The van der Waals surface area contributed by atoms with Crippen LogP contribution in [0.1, 0.15) is 19.4 Å². The maximum Gasteiger partial charge on any atom is 0.0240 e. The van der Waals surface area contributed by atoms with E-state index in [9.17, 15) is 0 Å². The van der Waals surface area contributed by atoms with Crippen LogP contribution in [0, 0.1) is 5.92 Å². The van der Waals surface area contributed by atoms with Crippen LogP contribution in [0.4, 0.5) is 0 Å². The summed E-state index contributed by atoms with van der Waals surface area (Å²) in [5.74, 6) is 0.498. The highest BCUT2D eigenvalue weighted by Gasteiger charge is 2.03. The van der Waals surface area contributed by atoms with Gasteiger partial charge in [0.05, 0.1) is 0 Å². The molecule has 0 amide bonds. The SMILES string of the molecule is C=CCNSc1ccc(C(=C)C(C)C)cc1. The van der Waals surface area contributed by atoms with Crippen LogP contribution in [0.5, 0.6) is 0 Å². The lowest BCUT2D eigenvalue weighted by Gasteiger charge is -2.10. The van der Waals surface area contributed by atoms with E-state index < -0.39 is 0 Å². The van der Waals surface area contributed by atoms with Gasteiger partial charge in [-0.05, 0) is 41.1 Å². The number of hydrogen-bond donors (Lipinski definition) is 1. The van der Waals surface area contributed by atoms with Crippen LogP contribution in [0.2, 0.25) is 0 Å². The van der Waals surface area contributed by atoms with E-state index in [1.807, 2.05) is 6.08 Å². The molecular weight excluding hydrogens is 214 g/mol. The fourth-order valence-electron chi connectivity index (χ4n) is 1.25. The molecule has 1 rings (SSSR count). The number of benzene rings is 1. The topological polar surface area (TPSA) is 12.0 Å². The van der Waals surface area contributed by atoms with Crippen LogP contribution < -0.4 is 4.72 Å². The lowest BCUT2D eigenvalue weighted by molar-refractivity contribution is 0.857. The summed E-state index contributed by atoms with van der Waals surface area (Å²) in [5.41, 5.74) is 2.42. The zero-order chi connectivity index (χ0) is 12.0. The van der Waals surface area contributed by atoms with Crippen molar-refractivity contribution in [2.75, 3.05) is 6.54 Å². The molecule has 0 aliphatic rings. The standard InChI is InChI=1S/C14H19NS/c1-5-10-15-16-14-8-6-13(7-9-14)12(4)11(2)3/h5-9,11,15H,1,4,10H2,2-3H3. The van der Waals surface area contributed by atoms with Gasteiger partial charge in [0.15, 0.2) is 0 Å². The van der Waals surface area contributed by atoms with E-state index in [4.69, 9.17) is 0 Å². The summed E-state index contributed by atoms with van der Waals surface area (Å²) >= 11 is 1.62. The Bertz CT molecular complexity index is 352.